The van der Waals surface area contributed by atoms with Crippen LogP contribution in [-0.4, -0.2) is 11.5 Å². The first-order chi connectivity index (χ1) is 9.27. The van der Waals surface area contributed by atoms with E-state index in [4.69, 9.17) is 0 Å². The number of halogens is 1. The summed E-state index contributed by atoms with van der Waals surface area (Å²) in [6, 6.07) is 10.7. The predicted octanol–water partition coefficient (Wildman–Crippen LogP) is 4.63. The zero-order valence-corrected chi connectivity index (χ0v) is 12.7. The molecule has 3 heteroatoms. The summed E-state index contributed by atoms with van der Waals surface area (Å²) in [6.45, 7) is 3.14. The summed E-state index contributed by atoms with van der Waals surface area (Å²) in [5.74, 6) is 1.04. The van der Waals surface area contributed by atoms with Crippen LogP contribution in [0.5, 0.6) is 0 Å². The number of aryl methyl sites for hydroxylation is 2. The van der Waals surface area contributed by atoms with E-state index in [-0.39, 0.29) is 0 Å². The largest absolute Gasteiger partial charge is 0.325 e. The molecular formula is C16H17BrN2. The second kappa shape index (κ2) is 5.33. The van der Waals surface area contributed by atoms with Crippen LogP contribution in [0.1, 0.15) is 24.0 Å². The molecule has 19 heavy (non-hydrogen) atoms. The van der Waals surface area contributed by atoms with Crippen molar-refractivity contribution in [3.05, 3.63) is 52.1 Å². The van der Waals surface area contributed by atoms with Crippen molar-refractivity contribution in [2.45, 2.75) is 26.2 Å². The summed E-state index contributed by atoms with van der Waals surface area (Å²) in [6.07, 6.45) is 5.51. The molecule has 0 bridgehead atoms. The molecule has 0 radical (unpaired) electrons. The van der Waals surface area contributed by atoms with Crippen molar-refractivity contribution >= 4 is 27.4 Å². The second-order valence-electron chi connectivity index (χ2n) is 5.00. The van der Waals surface area contributed by atoms with E-state index < -0.39 is 0 Å². The number of hydrogen-bond donors (Lipinski definition) is 0. The highest BCUT2D eigenvalue weighted by Gasteiger charge is 2.19. The molecule has 1 aliphatic heterocycles. The fourth-order valence-electron chi connectivity index (χ4n) is 2.63. The van der Waals surface area contributed by atoms with Gasteiger partial charge in [-0.1, -0.05) is 18.2 Å². The number of rotatable bonds is 1. The minimum Gasteiger partial charge on any atom is -0.325 e. The SMILES string of the molecule is Cc1ccnc(N2CCCCc3ccccc32)c1Br. The lowest BCUT2D eigenvalue weighted by atomic mass is 10.1. The van der Waals surface area contributed by atoms with E-state index in [2.05, 4.69) is 57.0 Å². The maximum absolute atomic E-state index is 4.58. The average molecular weight is 317 g/mol. The van der Waals surface area contributed by atoms with Gasteiger partial charge in [0.15, 0.2) is 0 Å². The first kappa shape index (κ1) is 12.7. The summed E-state index contributed by atoms with van der Waals surface area (Å²) >= 11 is 3.69. The van der Waals surface area contributed by atoms with E-state index in [1.165, 1.54) is 29.7 Å². The number of para-hydroxylation sites is 1. The van der Waals surface area contributed by atoms with Gasteiger partial charge in [0.1, 0.15) is 5.82 Å². The van der Waals surface area contributed by atoms with Gasteiger partial charge in [-0.3, -0.25) is 0 Å². The van der Waals surface area contributed by atoms with Crippen LogP contribution < -0.4 is 4.90 Å². The smallest absolute Gasteiger partial charge is 0.147 e. The topological polar surface area (TPSA) is 16.1 Å². The molecular weight excluding hydrogens is 300 g/mol. The number of aromatic nitrogens is 1. The normalized spacial score (nSPS) is 14.9. The highest BCUT2D eigenvalue weighted by molar-refractivity contribution is 9.10. The summed E-state index contributed by atoms with van der Waals surface area (Å²) < 4.78 is 1.10. The zero-order valence-electron chi connectivity index (χ0n) is 11.1. The maximum atomic E-state index is 4.58. The molecule has 1 aromatic heterocycles. The Morgan fingerprint density at radius 2 is 2.00 bits per heavy atom. The molecule has 0 amide bonds. The summed E-state index contributed by atoms with van der Waals surface area (Å²) in [4.78, 5) is 6.93. The molecule has 0 saturated carbocycles. The summed E-state index contributed by atoms with van der Waals surface area (Å²) in [5.41, 5.74) is 3.96. The van der Waals surface area contributed by atoms with Gasteiger partial charge in [0, 0.05) is 18.4 Å². The number of nitrogens with zero attached hydrogens (tertiary/aromatic N) is 2. The Morgan fingerprint density at radius 1 is 1.16 bits per heavy atom. The monoisotopic (exact) mass is 316 g/mol. The lowest BCUT2D eigenvalue weighted by Crippen LogP contribution is -2.19. The molecule has 2 nitrogen and oxygen atoms in total. The highest BCUT2D eigenvalue weighted by atomic mass is 79.9. The lowest BCUT2D eigenvalue weighted by molar-refractivity contribution is 0.757. The Hall–Kier alpha value is -1.35. The van der Waals surface area contributed by atoms with Crippen LogP contribution in [0, 0.1) is 6.92 Å². The Labute approximate surface area is 122 Å². The van der Waals surface area contributed by atoms with E-state index in [0.29, 0.717) is 0 Å². The van der Waals surface area contributed by atoms with Crippen LogP contribution in [0.15, 0.2) is 41.0 Å². The van der Waals surface area contributed by atoms with E-state index in [1.54, 1.807) is 0 Å². The van der Waals surface area contributed by atoms with Crippen molar-refractivity contribution in [3.63, 3.8) is 0 Å². The number of hydrogen-bond acceptors (Lipinski definition) is 2. The third kappa shape index (κ3) is 2.39. The minimum atomic E-state index is 1.03. The highest BCUT2D eigenvalue weighted by Crippen LogP contribution is 2.36. The van der Waals surface area contributed by atoms with Gasteiger partial charge in [0.2, 0.25) is 0 Å². The van der Waals surface area contributed by atoms with E-state index >= 15 is 0 Å². The molecule has 2 heterocycles. The first-order valence-corrected chi connectivity index (χ1v) is 7.53. The molecule has 0 saturated heterocycles. The minimum absolute atomic E-state index is 1.03. The van der Waals surface area contributed by atoms with Crippen molar-refractivity contribution in [2.75, 3.05) is 11.4 Å². The molecule has 2 aromatic rings. The van der Waals surface area contributed by atoms with Crippen molar-refractivity contribution in [2.24, 2.45) is 0 Å². The quantitative estimate of drug-likeness (QED) is 0.762. The fourth-order valence-corrected chi connectivity index (χ4v) is 3.07. The van der Waals surface area contributed by atoms with Crippen molar-refractivity contribution in [1.29, 1.82) is 0 Å². The Balaban J connectivity index is 2.12. The van der Waals surface area contributed by atoms with Crippen LogP contribution in [0.2, 0.25) is 0 Å². The average Bonchev–Trinajstić information content (AvgIpc) is 2.64. The molecule has 0 N–H and O–H groups in total. The molecule has 1 aliphatic rings. The van der Waals surface area contributed by atoms with Crippen LogP contribution in [0.3, 0.4) is 0 Å². The van der Waals surface area contributed by atoms with Crippen LogP contribution in [0.4, 0.5) is 11.5 Å². The first-order valence-electron chi connectivity index (χ1n) is 6.74. The van der Waals surface area contributed by atoms with Crippen LogP contribution >= 0.6 is 15.9 Å². The van der Waals surface area contributed by atoms with Gasteiger partial charge in [-0.2, -0.15) is 0 Å². The van der Waals surface area contributed by atoms with Gasteiger partial charge in [0.05, 0.1) is 4.47 Å². The number of fused-ring (bicyclic) bond motifs is 1. The van der Waals surface area contributed by atoms with Crippen molar-refractivity contribution in [3.8, 4) is 0 Å². The summed E-state index contributed by atoms with van der Waals surface area (Å²) in [7, 11) is 0. The van der Waals surface area contributed by atoms with E-state index in [0.717, 1.165) is 23.3 Å². The molecule has 1 aromatic carbocycles. The van der Waals surface area contributed by atoms with E-state index in [1.807, 2.05) is 12.3 Å². The standard InChI is InChI=1S/C16H17BrN2/c1-12-9-10-18-16(15(12)17)19-11-5-4-7-13-6-2-3-8-14(13)19/h2-3,6,8-10H,4-5,7,11H2,1H3. The molecule has 0 spiro atoms. The molecule has 0 atom stereocenters. The van der Waals surface area contributed by atoms with Gasteiger partial charge < -0.3 is 4.90 Å². The number of benzene rings is 1. The Morgan fingerprint density at radius 3 is 2.89 bits per heavy atom. The molecule has 0 unspecified atom stereocenters. The molecule has 98 valence electrons. The van der Waals surface area contributed by atoms with Crippen LogP contribution in [0.25, 0.3) is 0 Å². The predicted molar refractivity (Wildman–Crippen MR) is 83.1 cm³/mol. The van der Waals surface area contributed by atoms with Gasteiger partial charge in [0.25, 0.3) is 0 Å². The third-order valence-electron chi connectivity index (χ3n) is 3.68. The summed E-state index contributed by atoms with van der Waals surface area (Å²) in [5, 5.41) is 0. The molecule has 0 fully saturated rings. The van der Waals surface area contributed by atoms with Gasteiger partial charge in [-0.25, -0.2) is 4.98 Å². The number of anilines is 2. The third-order valence-corrected chi connectivity index (χ3v) is 4.66. The lowest BCUT2D eigenvalue weighted by Gasteiger charge is -2.25. The molecule has 0 aliphatic carbocycles. The van der Waals surface area contributed by atoms with E-state index in [9.17, 15) is 0 Å². The van der Waals surface area contributed by atoms with Crippen molar-refractivity contribution < 1.29 is 0 Å². The van der Waals surface area contributed by atoms with Gasteiger partial charge in [-0.05, 0) is 65.4 Å². The van der Waals surface area contributed by atoms with Crippen molar-refractivity contribution in [1.82, 2.24) is 4.98 Å². The molecule has 3 rings (SSSR count). The number of pyridine rings is 1. The maximum Gasteiger partial charge on any atom is 0.147 e. The Kier molecular flexibility index (Phi) is 3.56. The fraction of sp³-hybridized carbons (Fsp3) is 0.312. The zero-order chi connectivity index (χ0) is 13.2. The Bertz CT molecular complexity index is 595. The second-order valence-corrected chi connectivity index (χ2v) is 5.80. The van der Waals surface area contributed by atoms with Gasteiger partial charge >= 0.3 is 0 Å². The van der Waals surface area contributed by atoms with Crippen LogP contribution in [-0.2, 0) is 6.42 Å². The van der Waals surface area contributed by atoms with Gasteiger partial charge in [-0.15, -0.1) is 0 Å².